The molecule has 1 fully saturated rings. The van der Waals surface area contributed by atoms with E-state index in [2.05, 4.69) is 22.9 Å². The molecule has 1 aliphatic rings. The number of anilines is 1. The summed E-state index contributed by atoms with van der Waals surface area (Å²) in [6.07, 6.45) is 7.23. The van der Waals surface area contributed by atoms with E-state index >= 15 is 0 Å². The van der Waals surface area contributed by atoms with Crippen LogP contribution in [0, 0.1) is 6.92 Å². The van der Waals surface area contributed by atoms with Crippen LogP contribution in [-0.2, 0) is 0 Å². The summed E-state index contributed by atoms with van der Waals surface area (Å²) in [6.45, 7) is 6.42. The molecule has 1 aromatic heterocycles. The molecule has 2 N–H and O–H groups in total. The number of aryl methyl sites for hydroxylation is 1. The van der Waals surface area contributed by atoms with Gasteiger partial charge in [0.1, 0.15) is 5.82 Å². The molecule has 2 heterocycles. The average Bonchev–Trinajstić information content (AvgIpc) is 2.56. The van der Waals surface area contributed by atoms with E-state index in [1.165, 1.54) is 31.2 Å². The van der Waals surface area contributed by atoms with Crippen molar-refractivity contribution in [1.82, 2.24) is 4.98 Å². The second kappa shape index (κ2) is 5.50. The topological polar surface area (TPSA) is 42.2 Å². The highest BCUT2D eigenvalue weighted by Crippen LogP contribution is 2.22. The van der Waals surface area contributed by atoms with Gasteiger partial charge in [0, 0.05) is 25.3 Å². The Labute approximate surface area is 104 Å². The number of hydrogen-bond acceptors (Lipinski definition) is 3. The normalized spacial score (nSPS) is 18.9. The monoisotopic (exact) mass is 233 g/mol. The van der Waals surface area contributed by atoms with Crippen LogP contribution < -0.4 is 10.6 Å². The molecular weight excluding hydrogens is 210 g/mol. The van der Waals surface area contributed by atoms with E-state index in [1.54, 1.807) is 0 Å². The van der Waals surface area contributed by atoms with Gasteiger partial charge in [-0.25, -0.2) is 4.98 Å². The number of rotatable bonds is 2. The predicted octanol–water partition coefficient (Wildman–Crippen LogP) is 2.79. The standard InChI is InChI=1S/C14H23N3/c1-11-9-14(16-10-13(11)12(2)15)17-7-5-3-4-6-8-17/h9-10,12H,3-8,15H2,1-2H3. The molecule has 0 spiro atoms. The van der Waals surface area contributed by atoms with Crippen LogP contribution in [-0.4, -0.2) is 18.1 Å². The first kappa shape index (κ1) is 12.4. The fourth-order valence-corrected chi connectivity index (χ4v) is 2.50. The quantitative estimate of drug-likeness (QED) is 0.854. The molecule has 0 bridgehead atoms. The second-order valence-corrected chi connectivity index (χ2v) is 5.09. The van der Waals surface area contributed by atoms with Crippen molar-refractivity contribution in [3.05, 3.63) is 23.4 Å². The smallest absolute Gasteiger partial charge is 0.128 e. The van der Waals surface area contributed by atoms with Crippen LogP contribution in [0.2, 0.25) is 0 Å². The number of nitrogens with two attached hydrogens (primary N) is 1. The Morgan fingerprint density at radius 2 is 1.88 bits per heavy atom. The molecule has 1 saturated heterocycles. The van der Waals surface area contributed by atoms with Crippen molar-refractivity contribution in [2.75, 3.05) is 18.0 Å². The molecule has 1 unspecified atom stereocenters. The van der Waals surface area contributed by atoms with Crippen molar-refractivity contribution in [3.8, 4) is 0 Å². The SMILES string of the molecule is Cc1cc(N2CCCCCC2)ncc1C(C)N. The number of hydrogen-bond donors (Lipinski definition) is 1. The summed E-state index contributed by atoms with van der Waals surface area (Å²) >= 11 is 0. The average molecular weight is 233 g/mol. The lowest BCUT2D eigenvalue weighted by Crippen LogP contribution is -2.25. The van der Waals surface area contributed by atoms with Gasteiger partial charge in [0.05, 0.1) is 0 Å². The van der Waals surface area contributed by atoms with Gasteiger partial charge in [-0.1, -0.05) is 12.8 Å². The molecule has 0 amide bonds. The second-order valence-electron chi connectivity index (χ2n) is 5.09. The summed E-state index contributed by atoms with van der Waals surface area (Å²) < 4.78 is 0. The minimum absolute atomic E-state index is 0.0701. The van der Waals surface area contributed by atoms with Gasteiger partial charge in [0.15, 0.2) is 0 Å². The molecule has 94 valence electrons. The Balaban J connectivity index is 2.18. The van der Waals surface area contributed by atoms with Crippen molar-refractivity contribution in [1.29, 1.82) is 0 Å². The van der Waals surface area contributed by atoms with Gasteiger partial charge in [0.25, 0.3) is 0 Å². The molecular formula is C14H23N3. The Kier molecular flexibility index (Phi) is 4.00. The number of pyridine rings is 1. The maximum absolute atomic E-state index is 5.91. The van der Waals surface area contributed by atoms with E-state index in [9.17, 15) is 0 Å². The lowest BCUT2D eigenvalue weighted by Gasteiger charge is -2.22. The van der Waals surface area contributed by atoms with E-state index in [1.807, 2.05) is 13.1 Å². The van der Waals surface area contributed by atoms with Crippen molar-refractivity contribution in [2.45, 2.75) is 45.6 Å². The molecule has 17 heavy (non-hydrogen) atoms. The fourth-order valence-electron chi connectivity index (χ4n) is 2.50. The van der Waals surface area contributed by atoms with Gasteiger partial charge in [-0.15, -0.1) is 0 Å². The van der Waals surface area contributed by atoms with E-state index in [-0.39, 0.29) is 6.04 Å². The van der Waals surface area contributed by atoms with Crippen LogP contribution in [0.25, 0.3) is 0 Å². The summed E-state index contributed by atoms with van der Waals surface area (Å²) in [5, 5.41) is 0. The molecule has 3 nitrogen and oxygen atoms in total. The predicted molar refractivity (Wildman–Crippen MR) is 72.3 cm³/mol. The van der Waals surface area contributed by atoms with E-state index in [0.717, 1.165) is 24.5 Å². The Hall–Kier alpha value is -1.09. The van der Waals surface area contributed by atoms with Crippen LogP contribution in [0.4, 0.5) is 5.82 Å². The van der Waals surface area contributed by atoms with Gasteiger partial charge in [-0.05, 0) is 43.9 Å². The lowest BCUT2D eigenvalue weighted by atomic mass is 10.1. The molecule has 1 aromatic rings. The Morgan fingerprint density at radius 1 is 1.24 bits per heavy atom. The van der Waals surface area contributed by atoms with Crippen LogP contribution in [0.5, 0.6) is 0 Å². The van der Waals surface area contributed by atoms with Gasteiger partial charge >= 0.3 is 0 Å². The summed E-state index contributed by atoms with van der Waals surface area (Å²) in [6, 6.07) is 2.25. The first-order valence-corrected chi connectivity index (χ1v) is 6.65. The first-order chi connectivity index (χ1) is 8.18. The fraction of sp³-hybridized carbons (Fsp3) is 0.643. The molecule has 1 aliphatic heterocycles. The zero-order chi connectivity index (χ0) is 12.3. The maximum atomic E-state index is 5.91. The zero-order valence-electron chi connectivity index (χ0n) is 10.9. The minimum atomic E-state index is 0.0701. The van der Waals surface area contributed by atoms with Gasteiger partial charge in [-0.2, -0.15) is 0 Å². The number of nitrogens with zero attached hydrogens (tertiary/aromatic N) is 2. The van der Waals surface area contributed by atoms with Crippen LogP contribution in [0.15, 0.2) is 12.3 Å². The third kappa shape index (κ3) is 2.97. The zero-order valence-corrected chi connectivity index (χ0v) is 10.9. The summed E-state index contributed by atoms with van der Waals surface area (Å²) in [5.74, 6) is 1.12. The molecule has 0 aromatic carbocycles. The van der Waals surface area contributed by atoms with E-state index in [4.69, 9.17) is 5.73 Å². The van der Waals surface area contributed by atoms with Crippen LogP contribution in [0.1, 0.15) is 49.8 Å². The van der Waals surface area contributed by atoms with Gasteiger partial charge < -0.3 is 10.6 Å². The minimum Gasteiger partial charge on any atom is -0.357 e. The van der Waals surface area contributed by atoms with Crippen molar-refractivity contribution in [3.63, 3.8) is 0 Å². The molecule has 2 rings (SSSR count). The first-order valence-electron chi connectivity index (χ1n) is 6.65. The van der Waals surface area contributed by atoms with Crippen molar-refractivity contribution in [2.24, 2.45) is 5.73 Å². The molecule has 1 atom stereocenters. The molecule has 0 saturated carbocycles. The van der Waals surface area contributed by atoms with Gasteiger partial charge in [-0.3, -0.25) is 0 Å². The molecule has 0 radical (unpaired) electrons. The van der Waals surface area contributed by atoms with E-state index < -0.39 is 0 Å². The van der Waals surface area contributed by atoms with E-state index in [0.29, 0.717) is 0 Å². The summed E-state index contributed by atoms with van der Waals surface area (Å²) in [5.41, 5.74) is 8.33. The highest BCUT2D eigenvalue weighted by atomic mass is 15.2. The highest BCUT2D eigenvalue weighted by Gasteiger charge is 2.13. The van der Waals surface area contributed by atoms with Crippen LogP contribution in [0.3, 0.4) is 0 Å². The number of aromatic nitrogens is 1. The largest absolute Gasteiger partial charge is 0.357 e. The maximum Gasteiger partial charge on any atom is 0.128 e. The van der Waals surface area contributed by atoms with Gasteiger partial charge in [0.2, 0.25) is 0 Å². The third-order valence-electron chi connectivity index (χ3n) is 3.56. The van der Waals surface area contributed by atoms with Crippen molar-refractivity contribution >= 4 is 5.82 Å². The molecule has 0 aliphatic carbocycles. The summed E-state index contributed by atoms with van der Waals surface area (Å²) in [7, 11) is 0. The van der Waals surface area contributed by atoms with Crippen LogP contribution >= 0.6 is 0 Å². The van der Waals surface area contributed by atoms with Crippen molar-refractivity contribution < 1.29 is 0 Å². The Morgan fingerprint density at radius 3 is 2.41 bits per heavy atom. The lowest BCUT2D eigenvalue weighted by molar-refractivity contribution is 0.726. The Bertz CT molecular complexity index is 366. The molecule has 3 heteroatoms. The summed E-state index contributed by atoms with van der Waals surface area (Å²) in [4.78, 5) is 6.98. The third-order valence-corrected chi connectivity index (χ3v) is 3.56. The highest BCUT2D eigenvalue weighted by molar-refractivity contribution is 5.44.